The fraction of sp³-hybridized carbons (Fsp3) is 0.0222. The second-order valence-electron chi connectivity index (χ2n) is 12.7. The molecule has 5 nitrogen and oxygen atoms in total. The zero-order valence-corrected chi connectivity index (χ0v) is 27.1. The predicted molar refractivity (Wildman–Crippen MR) is 207 cm³/mol. The maximum Gasteiger partial charge on any atom is 0.169 e. The summed E-state index contributed by atoms with van der Waals surface area (Å²) in [4.78, 5) is 10.3. The highest BCUT2D eigenvalue weighted by atomic mass is 15.2. The molecule has 5 heteroatoms. The third-order valence-electron chi connectivity index (χ3n) is 9.74. The van der Waals surface area contributed by atoms with Gasteiger partial charge in [-0.15, -0.1) is 0 Å². The number of fused-ring (bicyclic) bond motifs is 6. The summed E-state index contributed by atoms with van der Waals surface area (Å²) >= 11 is 0. The fourth-order valence-corrected chi connectivity index (χ4v) is 7.47. The Bertz CT molecular complexity index is 2720. The lowest BCUT2D eigenvalue weighted by Gasteiger charge is -2.22. The number of rotatable bonds is 5. The van der Waals surface area contributed by atoms with E-state index in [0.29, 0.717) is 0 Å². The van der Waals surface area contributed by atoms with E-state index in [2.05, 4.69) is 154 Å². The highest BCUT2D eigenvalue weighted by Gasteiger charge is 2.22. The Morgan fingerprint density at radius 3 is 1.44 bits per heavy atom. The van der Waals surface area contributed by atoms with Crippen molar-refractivity contribution in [1.29, 1.82) is 0 Å². The van der Waals surface area contributed by atoms with Gasteiger partial charge in [-0.05, 0) is 48.5 Å². The minimum Gasteiger partial charge on any atom is -0.324 e. The van der Waals surface area contributed by atoms with Crippen molar-refractivity contribution in [3.8, 4) is 11.4 Å². The summed E-state index contributed by atoms with van der Waals surface area (Å²) in [6, 6.07) is 62.1. The molecule has 50 heavy (non-hydrogen) atoms. The summed E-state index contributed by atoms with van der Waals surface area (Å²) in [6.45, 7) is 0. The normalized spacial score (nSPS) is 13.5. The van der Waals surface area contributed by atoms with Crippen molar-refractivity contribution >= 4 is 55.3 Å². The van der Waals surface area contributed by atoms with Gasteiger partial charge < -0.3 is 14.5 Å². The van der Waals surface area contributed by atoms with Crippen LogP contribution in [-0.4, -0.2) is 20.8 Å². The molecular formula is C45H31N5. The van der Waals surface area contributed by atoms with E-state index in [-0.39, 0.29) is 0 Å². The van der Waals surface area contributed by atoms with Crippen LogP contribution in [0.15, 0.2) is 186 Å². The zero-order chi connectivity index (χ0) is 33.0. The van der Waals surface area contributed by atoms with Crippen LogP contribution in [0, 0.1) is 0 Å². The van der Waals surface area contributed by atoms with Crippen molar-refractivity contribution in [2.75, 3.05) is 0 Å². The Labute approximate surface area is 289 Å². The molecule has 1 aliphatic heterocycles. The zero-order valence-electron chi connectivity index (χ0n) is 27.1. The van der Waals surface area contributed by atoms with E-state index in [1.165, 1.54) is 32.6 Å². The van der Waals surface area contributed by atoms with Crippen molar-refractivity contribution in [1.82, 2.24) is 14.5 Å². The summed E-state index contributed by atoms with van der Waals surface area (Å²) < 4.78 is 4.78. The molecule has 0 saturated carbocycles. The van der Waals surface area contributed by atoms with Gasteiger partial charge in [-0.1, -0.05) is 127 Å². The topological polar surface area (TPSA) is 46.6 Å². The first-order valence-electron chi connectivity index (χ1n) is 17.0. The van der Waals surface area contributed by atoms with E-state index >= 15 is 0 Å². The molecule has 0 fully saturated rings. The van der Waals surface area contributed by atoms with E-state index in [0.717, 1.165) is 50.8 Å². The summed E-state index contributed by atoms with van der Waals surface area (Å²) in [5.41, 5.74) is 9.99. The van der Waals surface area contributed by atoms with Gasteiger partial charge >= 0.3 is 0 Å². The maximum absolute atomic E-state index is 5.16. The SMILES string of the molecule is c1ccc(C2=NC(c3cccc(-n4c5ccccc5c5cc6c7ccccc7n(-c7ccccc7)c6cc54)c3)N=C(c3ccccc3)N2)cc1. The second-order valence-corrected chi connectivity index (χ2v) is 12.7. The molecule has 0 unspecified atom stereocenters. The van der Waals surface area contributed by atoms with E-state index in [1.54, 1.807) is 0 Å². The summed E-state index contributed by atoms with van der Waals surface area (Å²) in [7, 11) is 0. The monoisotopic (exact) mass is 641 g/mol. The quantitative estimate of drug-likeness (QED) is 0.200. The number of amidine groups is 2. The van der Waals surface area contributed by atoms with E-state index in [1.807, 2.05) is 36.4 Å². The molecule has 7 aromatic carbocycles. The Balaban J connectivity index is 1.19. The van der Waals surface area contributed by atoms with E-state index < -0.39 is 6.17 Å². The van der Waals surface area contributed by atoms with E-state index in [4.69, 9.17) is 9.98 Å². The first-order valence-corrected chi connectivity index (χ1v) is 17.0. The summed E-state index contributed by atoms with van der Waals surface area (Å²) in [5, 5.41) is 8.46. The number of para-hydroxylation sites is 3. The lowest BCUT2D eigenvalue weighted by atomic mass is 10.1. The maximum atomic E-state index is 5.16. The molecule has 10 rings (SSSR count). The molecule has 0 radical (unpaired) electrons. The summed E-state index contributed by atoms with van der Waals surface area (Å²) in [6.07, 6.45) is -0.415. The largest absolute Gasteiger partial charge is 0.324 e. The Hall–Kier alpha value is -6.72. The third-order valence-corrected chi connectivity index (χ3v) is 9.74. The predicted octanol–water partition coefficient (Wildman–Crippen LogP) is 10.4. The summed E-state index contributed by atoms with van der Waals surface area (Å²) in [5.74, 6) is 1.62. The molecule has 2 aromatic heterocycles. The number of hydrogen-bond acceptors (Lipinski definition) is 3. The third kappa shape index (κ3) is 4.55. The molecule has 3 heterocycles. The lowest BCUT2D eigenvalue weighted by Crippen LogP contribution is -2.36. The van der Waals surface area contributed by atoms with Gasteiger partial charge in [0.2, 0.25) is 0 Å². The highest BCUT2D eigenvalue weighted by molar-refractivity contribution is 6.19. The lowest BCUT2D eigenvalue weighted by molar-refractivity contribution is 0.755. The average molecular weight is 642 g/mol. The van der Waals surface area contributed by atoms with Crippen LogP contribution in [0.25, 0.3) is 55.0 Å². The smallest absolute Gasteiger partial charge is 0.169 e. The minimum atomic E-state index is -0.415. The van der Waals surface area contributed by atoms with Crippen LogP contribution in [0.3, 0.4) is 0 Å². The number of nitrogens with zero attached hydrogens (tertiary/aromatic N) is 4. The number of aliphatic imine (C=N–C) groups is 2. The van der Waals surface area contributed by atoms with Crippen molar-refractivity contribution in [3.63, 3.8) is 0 Å². The first kappa shape index (κ1) is 28.3. The van der Waals surface area contributed by atoms with E-state index in [9.17, 15) is 0 Å². The minimum absolute atomic E-state index is 0.415. The Morgan fingerprint density at radius 1 is 0.380 bits per heavy atom. The van der Waals surface area contributed by atoms with Crippen LogP contribution in [-0.2, 0) is 0 Å². The molecule has 1 N–H and O–H groups in total. The fourth-order valence-electron chi connectivity index (χ4n) is 7.47. The van der Waals surface area contributed by atoms with Gasteiger partial charge in [-0.3, -0.25) is 0 Å². The Kier molecular flexibility index (Phi) is 6.49. The van der Waals surface area contributed by atoms with Crippen molar-refractivity contribution in [3.05, 3.63) is 193 Å². The van der Waals surface area contributed by atoms with Crippen LogP contribution in [0.5, 0.6) is 0 Å². The van der Waals surface area contributed by atoms with Crippen LogP contribution in [0.4, 0.5) is 0 Å². The Morgan fingerprint density at radius 2 is 0.860 bits per heavy atom. The molecule has 0 atom stereocenters. The van der Waals surface area contributed by atoms with Crippen LogP contribution in [0.2, 0.25) is 0 Å². The molecule has 0 aliphatic carbocycles. The number of benzene rings is 7. The average Bonchev–Trinajstić information content (AvgIpc) is 3.70. The van der Waals surface area contributed by atoms with Gasteiger partial charge in [0.15, 0.2) is 6.17 Å². The molecule has 0 saturated heterocycles. The van der Waals surface area contributed by atoms with Gasteiger partial charge in [0.05, 0.1) is 22.1 Å². The molecule has 0 bridgehead atoms. The van der Waals surface area contributed by atoms with Crippen molar-refractivity contribution in [2.24, 2.45) is 9.98 Å². The second kappa shape index (κ2) is 11.5. The van der Waals surface area contributed by atoms with Crippen LogP contribution in [0.1, 0.15) is 22.9 Å². The van der Waals surface area contributed by atoms with Gasteiger partial charge in [-0.25, -0.2) is 9.98 Å². The molecule has 236 valence electrons. The van der Waals surface area contributed by atoms with Crippen molar-refractivity contribution in [2.45, 2.75) is 6.17 Å². The van der Waals surface area contributed by atoms with Gasteiger partial charge in [0, 0.05) is 49.6 Å². The molecule has 0 amide bonds. The van der Waals surface area contributed by atoms with Crippen molar-refractivity contribution < 1.29 is 0 Å². The highest BCUT2D eigenvalue weighted by Crippen LogP contribution is 2.40. The van der Waals surface area contributed by atoms with Gasteiger partial charge in [-0.2, -0.15) is 0 Å². The molecular weight excluding hydrogens is 611 g/mol. The molecule has 9 aromatic rings. The molecule has 1 aliphatic rings. The standard InChI is InChI=1S/C45H31N5/c1-4-15-30(16-5-1)43-46-44(31-17-6-2-7-18-31)48-45(47-43)32-19-14-22-34(27-32)50-40-26-13-11-24-36(40)38-28-37-35-23-10-12-25-39(35)49(41(37)29-42(38)50)33-20-8-3-9-21-33/h1-29,45H,(H,46,47,48). The number of nitrogens with one attached hydrogen (secondary N) is 1. The number of aromatic nitrogens is 2. The van der Waals surface area contributed by atoms with Crippen LogP contribution < -0.4 is 5.32 Å². The van der Waals surface area contributed by atoms with Gasteiger partial charge in [0.25, 0.3) is 0 Å². The van der Waals surface area contributed by atoms with Crippen LogP contribution >= 0.6 is 0 Å². The van der Waals surface area contributed by atoms with Gasteiger partial charge in [0.1, 0.15) is 11.7 Å². The first-order chi connectivity index (χ1) is 24.8. The number of hydrogen-bond donors (Lipinski definition) is 1. The molecule has 0 spiro atoms.